The van der Waals surface area contributed by atoms with E-state index in [0.29, 0.717) is 0 Å². The van der Waals surface area contributed by atoms with Crippen molar-refractivity contribution in [3.63, 3.8) is 0 Å². The minimum Gasteiger partial charge on any atom is -0.481 e. The highest BCUT2D eigenvalue weighted by molar-refractivity contribution is 7.86. The van der Waals surface area contributed by atoms with Gasteiger partial charge in [0, 0.05) is 0 Å². The number of carboxylic acids is 2. The van der Waals surface area contributed by atoms with E-state index in [1.54, 1.807) is 0 Å². The first-order valence-electron chi connectivity index (χ1n) is 5.24. The van der Waals surface area contributed by atoms with Gasteiger partial charge in [-0.15, -0.1) is 0 Å². The number of hydrogen-bond acceptors (Lipinski definition) is 6. The molecule has 0 saturated heterocycles. The van der Waals surface area contributed by atoms with E-state index in [2.05, 4.69) is 10.9 Å². The minimum absolute atomic E-state index is 0.105. The van der Waals surface area contributed by atoms with Crippen molar-refractivity contribution in [3.05, 3.63) is 24.3 Å². The lowest BCUT2D eigenvalue weighted by Gasteiger charge is -2.15. The highest BCUT2D eigenvalue weighted by atomic mass is 32.2. The van der Waals surface area contributed by atoms with Gasteiger partial charge in [0.05, 0.1) is 12.1 Å². The van der Waals surface area contributed by atoms with Crippen LogP contribution in [-0.4, -0.2) is 41.2 Å². The predicted octanol–water partition coefficient (Wildman–Crippen LogP) is -0.222. The molecule has 0 amide bonds. The van der Waals surface area contributed by atoms with E-state index in [4.69, 9.17) is 14.8 Å². The van der Waals surface area contributed by atoms with E-state index in [0.717, 1.165) is 6.07 Å². The minimum atomic E-state index is -4.49. The van der Waals surface area contributed by atoms with Crippen molar-refractivity contribution in [1.82, 2.24) is 5.43 Å². The van der Waals surface area contributed by atoms with E-state index in [1.165, 1.54) is 18.2 Å². The van der Waals surface area contributed by atoms with Crippen molar-refractivity contribution < 1.29 is 32.8 Å². The Hall–Kier alpha value is -2.17. The highest BCUT2D eigenvalue weighted by Gasteiger charge is 2.22. The number of carboxylic acid groups (broad SMARTS) is 2. The highest BCUT2D eigenvalue weighted by Crippen LogP contribution is 2.19. The number of benzene rings is 1. The quantitative estimate of drug-likeness (QED) is 0.339. The number of carbonyl (C=O) groups is 2. The molecule has 1 atom stereocenters. The van der Waals surface area contributed by atoms with Crippen molar-refractivity contribution in [3.8, 4) is 0 Å². The molecule has 1 aromatic rings. The van der Waals surface area contributed by atoms with Gasteiger partial charge in [-0.25, -0.2) is 5.43 Å². The van der Waals surface area contributed by atoms with Crippen LogP contribution in [0.5, 0.6) is 0 Å². The van der Waals surface area contributed by atoms with Crippen molar-refractivity contribution in [2.75, 3.05) is 5.43 Å². The molecule has 0 aliphatic carbocycles. The number of hydrogen-bond donors (Lipinski definition) is 5. The summed E-state index contributed by atoms with van der Waals surface area (Å²) in [6.45, 7) is 0. The molecule has 1 unspecified atom stereocenters. The third-order valence-corrected chi connectivity index (χ3v) is 3.13. The summed E-state index contributed by atoms with van der Waals surface area (Å²) in [6.07, 6.45) is -0.712. The summed E-state index contributed by atoms with van der Waals surface area (Å²) in [7, 11) is -4.49. The van der Waals surface area contributed by atoms with E-state index < -0.39 is 39.4 Å². The molecule has 9 nitrogen and oxygen atoms in total. The molecule has 5 N–H and O–H groups in total. The van der Waals surface area contributed by atoms with Gasteiger partial charge in [-0.3, -0.25) is 14.1 Å². The van der Waals surface area contributed by atoms with Crippen LogP contribution in [0.4, 0.5) is 5.69 Å². The second-order valence-corrected chi connectivity index (χ2v) is 5.12. The zero-order valence-electron chi connectivity index (χ0n) is 9.98. The molecule has 20 heavy (non-hydrogen) atoms. The maximum absolute atomic E-state index is 11.1. The first-order chi connectivity index (χ1) is 9.21. The molecule has 10 heteroatoms. The normalized spacial score (nSPS) is 12.7. The van der Waals surface area contributed by atoms with Crippen LogP contribution in [0.3, 0.4) is 0 Å². The Balaban J connectivity index is 2.89. The van der Waals surface area contributed by atoms with E-state index in [1.807, 2.05) is 0 Å². The smallest absolute Gasteiger partial charge is 0.323 e. The Labute approximate surface area is 114 Å². The predicted molar refractivity (Wildman–Crippen MR) is 66.7 cm³/mol. The van der Waals surface area contributed by atoms with Crippen LogP contribution in [-0.2, 0) is 19.7 Å². The zero-order valence-corrected chi connectivity index (χ0v) is 10.8. The maximum atomic E-state index is 11.1. The number of hydrazine groups is 1. The van der Waals surface area contributed by atoms with Crippen LogP contribution in [0, 0.1) is 0 Å². The molecule has 0 aromatic heterocycles. The van der Waals surface area contributed by atoms with Crippen LogP contribution >= 0.6 is 0 Å². The summed E-state index contributed by atoms with van der Waals surface area (Å²) >= 11 is 0. The topological polar surface area (TPSA) is 153 Å². The van der Waals surface area contributed by atoms with Crippen LogP contribution in [0.15, 0.2) is 29.2 Å². The van der Waals surface area contributed by atoms with Crippen molar-refractivity contribution in [1.29, 1.82) is 0 Å². The summed E-state index contributed by atoms with van der Waals surface area (Å²) < 4.78 is 31.2. The fourth-order valence-corrected chi connectivity index (χ4v) is 1.98. The molecule has 0 radical (unpaired) electrons. The monoisotopic (exact) mass is 304 g/mol. The summed E-state index contributed by atoms with van der Waals surface area (Å²) in [6, 6.07) is 3.72. The SMILES string of the molecule is O=C(O)CC(NNc1ccccc1S(=O)(=O)O)C(=O)O. The summed E-state index contributed by atoms with van der Waals surface area (Å²) in [5.41, 5.74) is 4.34. The molecular formula is C10H12N2O7S. The van der Waals surface area contributed by atoms with Gasteiger partial charge in [0.2, 0.25) is 0 Å². The molecule has 1 rings (SSSR count). The molecule has 0 fully saturated rings. The van der Waals surface area contributed by atoms with Gasteiger partial charge in [-0.05, 0) is 12.1 Å². The number of anilines is 1. The van der Waals surface area contributed by atoms with Gasteiger partial charge < -0.3 is 15.6 Å². The molecule has 0 heterocycles. The van der Waals surface area contributed by atoms with E-state index in [-0.39, 0.29) is 5.69 Å². The molecule has 0 aliphatic rings. The van der Waals surface area contributed by atoms with Crippen LogP contribution in [0.2, 0.25) is 0 Å². The fourth-order valence-electron chi connectivity index (χ4n) is 1.33. The fraction of sp³-hybridized carbons (Fsp3) is 0.200. The second kappa shape index (κ2) is 6.32. The number of nitrogens with one attached hydrogen (secondary N) is 2. The molecular weight excluding hydrogens is 292 g/mol. The first-order valence-corrected chi connectivity index (χ1v) is 6.68. The van der Waals surface area contributed by atoms with Gasteiger partial charge in [0.25, 0.3) is 10.1 Å². The number of para-hydroxylation sites is 1. The van der Waals surface area contributed by atoms with Crippen molar-refractivity contribution in [2.45, 2.75) is 17.4 Å². The summed E-state index contributed by atoms with van der Waals surface area (Å²) in [5, 5.41) is 17.3. The molecule has 0 spiro atoms. The Morgan fingerprint density at radius 3 is 2.30 bits per heavy atom. The largest absolute Gasteiger partial charge is 0.481 e. The first kappa shape index (κ1) is 15.9. The Morgan fingerprint density at radius 1 is 1.20 bits per heavy atom. The lowest BCUT2D eigenvalue weighted by Crippen LogP contribution is -2.42. The van der Waals surface area contributed by atoms with E-state index >= 15 is 0 Å². The maximum Gasteiger partial charge on any atom is 0.323 e. The van der Waals surface area contributed by atoms with Crippen molar-refractivity contribution in [2.24, 2.45) is 0 Å². The number of aliphatic carboxylic acids is 2. The zero-order chi connectivity index (χ0) is 15.3. The molecule has 0 saturated carbocycles. The average Bonchev–Trinajstić information content (AvgIpc) is 2.33. The third-order valence-electron chi connectivity index (χ3n) is 2.22. The number of rotatable bonds is 7. The molecule has 1 aromatic carbocycles. The Bertz CT molecular complexity index is 614. The Kier molecular flexibility index (Phi) is 5.02. The molecule has 110 valence electrons. The van der Waals surface area contributed by atoms with Gasteiger partial charge in [0.1, 0.15) is 10.9 Å². The molecule has 0 aliphatic heterocycles. The van der Waals surface area contributed by atoms with E-state index in [9.17, 15) is 18.0 Å². The molecule has 0 bridgehead atoms. The lowest BCUT2D eigenvalue weighted by atomic mass is 10.2. The standard InChI is InChI=1S/C10H12N2O7S/c13-9(14)5-7(10(15)16)12-11-6-3-1-2-4-8(6)20(17,18)19/h1-4,7,11-12H,5H2,(H,13,14)(H,15,16)(H,17,18,19). The lowest BCUT2D eigenvalue weighted by molar-refractivity contribution is -0.145. The van der Waals surface area contributed by atoms with Crippen LogP contribution in [0.25, 0.3) is 0 Å². The van der Waals surface area contributed by atoms with Gasteiger partial charge in [0.15, 0.2) is 0 Å². The summed E-state index contributed by atoms with van der Waals surface area (Å²) in [5.74, 6) is -2.76. The van der Waals surface area contributed by atoms with Gasteiger partial charge >= 0.3 is 11.9 Å². The Morgan fingerprint density at radius 2 is 1.80 bits per heavy atom. The van der Waals surface area contributed by atoms with Gasteiger partial charge in [-0.1, -0.05) is 12.1 Å². The van der Waals surface area contributed by atoms with Crippen LogP contribution < -0.4 is 10.9 Å². The second-order valence-electron chi connectivity index (χ2n) is 3.73. The third kappa shape index (κ3) is 4.50. The van der Waals surface area contributed by atoms with Gasteiger partial charge in [-0.2, -0.15) is 8.42 Å². The summed E-state index contributed by atoms with van der Waals surface area (Å²) in [4.78, 5) is 20.8. The van der Waals surface area contributed by atoms with Crippen molar-refractivity contribution >= 4 is 27.7 Å². The average molecular weight is 304 g/mol. The van der Waals surface area contributed by atoms with Crippen LogP contribution in [0.1, 0.15) is 6.42 Å².